The normalized spacial score (nSPS) is 12.1. The Morgan fingerprint density at radius 3 is 2.84 bits per heavy atom. The Balaban J connectivity index is 2.25. The number of rotatable bonds is 5. The number of anilines is 1. The zero-order chi connectivity index (χ0) is 14.0. The van der Waals surface area contributed by atoms with Crippen molar-refractivity contribution >= 4 is 27.3 Å². The lowest BCUT2D eigenvalue weighted by Gasteiger charge is -2.15. The fourth-order valence-electron chi connectivity index (χ4n) is 1.85. The van der Waals surface area contributed by atoms with Gasteiger partial charge in [-0.05, 0) is 48.7 Å². The molecule has 1 N–H and O–H groups in total. The molecule has 0 saturated carbocycles. The summed E-state index contributed by atoms with van der Waals surface area (Å²) in [5.41, 5.74) is 1.52. The van der Waals surface area contributed by atoms with E-state index in [9.17, 15) is 4.39 Å². The van der Waals surface area contributed by atoms with Crippen molar-refractivity contribution < 1.29 is 4.39 Å². The number of halogens is 2. The van der Waals surface area contributed by atoms with Gasteiger partial charge in [0.15, 0.2) is 5.65 Å². The van der Waals surface area contributed by atoms with Crippen LogP contribution in [0, 0.1) is 0 Å². The van der Waals surface area contributed by atoms with Crippen molar-refractivity contribution in [3.8, 4) is 0 Å². The van der Waals surface area contributed by atoms with Gasteiger partial charge >= 0.3 is 0 Å². The number of nitrogens with one attached hydrogen (secondary N) is 1. The molecule has 0 fully saturated rings. The second kappa shape index (κ2) is 5.45. The van der Waals surface area contributed by atoms with Gasteiger partial charge in [-0.15, -0.1) is 0 Å². The second-order valence-corrected chi connectivity index (χ2v) is 5.93. The van der Waals surface area contributed by atoms with Crippen molar-refractivity contribution in [2.24, 2.45) is 0 Å². The van der Waals surface area contributed by atoms with Crippen LogP contribution in [0.1, 0.15) is 32.9 Å². The van der Waals surface area contributed by atoms with Gasteiger partial charge < -0.3 is 5.32 Å². The molecule has 0 aromatic carbocycles. The third kappa shape index (κ3) is 3.43. The van der Waals surface area contributed by atoms with Crippen molar-refractivity contribution in [3.05, 3.63) is 22.6 Å². The minimum atomic E-state index is -1.17. The number of nitrogens with zero attached hydrogens (tertiary/aromatic N) is 3. The fourth-order valence-corrected chi connectivity index (χ4v) is 2.24. The van der Waals surface area contributed by atoms with Gasteiger partial charge in [-0.3, -0.25) is 0 Å². The molecule has 6 heteroatoms. The minimum absolute atomic E-state index is 0.445. The largest absolute Gasteiger partial charge is 0.382 e. The van der Waals surface area contributed by atoms with E-state index >= 15 is 0 Å². The molecule has 104 valence electrons. The molecule has 2 aromatic heterocycles. The second-order valence-electron chi connectivity index (χ2n) is 5.11. The number of aryl methyl sites for hydroxylation is 1. The van der Waals surface area contributed by atoms with Crippen molar-refractivity contribution in [1.82, 2.24) is 14.6 Å². The molecular weight excluding hydrogens is 311 g/mol. The van der Waals surface area contributed by atoms with Gasteiger partial charge in [0.05, 0.1) is 17.6 Å². The Morgan fingerprint density at radius 1 is 1.47 bits per heavy atom. The summed E-state index contributed by atoms with van der Waals surface area (Å²) in [7, 11) is 0. The van der Waals surface area contributed by atoms with E-state index in [1.54, 1.807) is 13.8 Å². The highest BCUT2D eigenvalue weighted by Gasteiger charge is 2.15. The predicted molar refractivity (Wildman–Crippen MR) is 78.4 cm³/mol. The Kier molecular flexibility index (Phi) is 4.08. The van der Waals surface area contributed by atoms with E-state index in [1.165, 1.54) is 0 Å². The van der Waals surface area contributed by atoms with Gasteiger partial charge in [0.2, 0.25) is 0 Å². The van der Waals surface area contributed by atoms with Crippen molar-refractivity contribution in [3.63, 3.8) is 0 Å². The van der Waals surface area contributed by atoms with E-state index in [1.807, 2.05) is 16.8 Å². The molecule has 2 heterocycles. The summed E-state index contributed by atoms with van der Waals surface area (Å²) >= 11 is 3.39. The van der Waals surface area contributed by atoms with Gasteiger partial charge in [-0.2, -0.15) is 5.10 Å². The molecule has 19 heavy (non-hydrogen) atoms. The van der Waals surface area contributed by atoms with Crippen molar-refractivity contribution in [1.29, 1.82) is 0 Å². The zero-order valence-electron chi connectivity index (χ0n) is 11.4. The summed E-state index contributed by atoms with van der Waals surface area (Å²) < 4.78 is 16.0. The number of imidazole rings is 1. The maximum absolute atomic E-state index is 13.5. The number of aromatic nitrogens is 3. The lowest BCUT2D eigenvalue weighted by molar-refractivity contribution is 0.207. The Hall–Kier alpha value is -1.17. The number of hydrogen-bond acceptors (Lipinski definition) is 3. The number of fused-ring (bicyclic) bond motifs is 1. The molecule has 0 atom stereocenters. The van der Waals surface area contributed by atoms with E-state index in [2.05, 4.69) is 38.3 Å². The van der Waals surface area contributed by atoms with E-state index in [0.29, 0.717) is 13.0 Å². The average molecular weight is 329 g/mol. The highest BCUT2D eigenvalue weighted by atomic mass is 79.9. The van der Waals surface area contributed by atoms with Crippen LogP contribution in [-0.2, 0) is 6.42 Å². The average Bonchev–Trinajstić information content (AvgIpc) is 2.70. The molecule has 0 saturated heterocycles. The Bertz CT molecular complexity index is 574. The quantitative estimate of drug-likeness (QED) is 0.911. The summed E-state index contributed by atoms with van der Waals surface area (Å²) in [5, 5.41) is 7.61. The van der Waals surface area contributed by atoms with Crippen molar-refractivity contribution in [2.75, 3.05) is 11.9 Å². The molecule has 0 aliphatic carbocycles. The van der Waals surface area contributed by atoms with E-state index in [-0.39, 0.29) is 0 Å². The summed E-state index contributed by atoms with van der Waals surface area (Å²) in [6.07, 6.45) is 3.13. The van der Waals surface area contributed by atoms with Crippen LogP contribution in [0.15, 0.2) is 16.9 Å². The van der Waals surface area contributed by atoms with Crippen LogP contribution in [0.4, 0.5) is 10.1 Å². The highest BCUT2D eigenvalue weighted by Crippen LogP contribution is 2.22. The molecule has 2 aromatic rings. The SMILES string of the molecule is CCc1cnc2c(NCCC(C)(C)F)cc(Br)nn12. The molecule has 0 bridgehead atoms. The summed E-state index contributed by atoms with van der Waals surface area (Å²) in [4.78, 5) is 4.37. The van der Waals surface area contributed by atoms with Crippen LogP contribution in [0.3, 0.4) is 0 Å². The third-order valence-corrected chi connectivity index (χ3v) is 3.29. The molecule has 0 aliphatic heterocycles. The zero-order valence-corrected chi connectivity index (χ0v) is 13.0. The number of hydrogen-bond donors (Lipinski definition) is 1. The smallest absolute Gasteiger partial charge is 0.177 e. The monoisotopic (exact) mass is 328 g/mol. The molecule has 0 radical (unpaired) electrons. The minimum Gasteiger partial charge on any atom is -0.382 e. The number of alkyl halides is 1. The van der Waals surface area contributed by atoms with E-state index < -0.39 is 5.67 Å². The van der Waals surface area contributed by atoms with E-state index in [0.717, 1.165) is 28.1 Å². The Morgan fingerprint density at radius 2 is 2.21 bits per heavy atom. The van der Waals surface area contributed by atoms with Gasteiger partial charge in [0, 0.05) is 6.54 Å². The first-order valence-electron chi connectivity index (χ1n) is 6.36. The summed E-state index contributed by atoms with van der Waals surface area (Å²) in [6, 6.07) is 1.87. The first-order chi connectivity index (χ1) is 8.90. The Labute approximate surface area is 120 Å². The lowest BCUT2D eigenvalue weighted by Crippen LogP contribution is -2.18. The van der Waals surface area contributed by atoms with Gasteiger partial charge in [-0.1, -0.05) is 6.92 Å². The van der Waals surface area contributed by atoms with Gasteiger partial charge in [-0.25, -0.2) is 13.9 Å². The van der Waals surface area contributed by atoms with Crippen LogP contribution >= 0.6 is 15.9 Å². The molecular formula is C13H18BrFN4. The van der Waals surface area contributed by atoms with Crippen LogP contribution in [0.5, 0.6) is 0 Å². The van der Waals surface area contributed by atoms with Crippen molar-refractivity contribution in [2.45, 2.75) is 39.3 Å². The summed E-state index contributed by atoms with van der Waals surface area (Å²) in [5.74, 6) is 0. The van der Waals surface area contributed by atoms with Crippen LogP contribution in [0.2, 0.25) is 0 Å². The lowest BCUT2D eigenvalue weighted by atomic mass is 10.1. The van der Waals surface area contributed by atoms with Crippen LogP contribution < -0.4 is 5.32 Å². The molecule has 0 spiro atoms. The maximum Gasteiger partial charge on any atom is 0.177 e. The van der Waals surface area contributed by atoms with Crippen LogP contribution in [-0.4, -0.2) is 26.8 Å². The first kappa shape index (κ1) is 14.2. The first-order valence-corrected chi connectivity index (χ1v) is 7.16. The van der Waals surface area contributed by atoms with Crippen LogP contribution in [0.25, 0.3) is 5.65 Å². The topological polar surface area (TPSA) is 42.2 Å². The highest BCUT2D eigenvalue weighted by molar-refractivity contribution is 9.10. The summed E-state index contributed by atoms with van der Waals surface area (Å²) in [6.45, 7) is 5.78. The standard InChI is InChI=1S/C13H18BrFN4/c1-4-9-8-17-12-10(7-11(14)18-19(9)12)16-6-5-13(2,3)15/h7-8,16H,4-6H2,1-3H3. The molecule has 0 unspecified atom stereocenters. The fraction of sp³-hybridized carbons (Fsp3) is 0.538. The van der Waals surface area contributed by atoms with Gasteiger partial charge in [0.1, 0.15) is 10.3 Å². The van der Waals surface area contributed by atoms with E-state index in [4.69, 9.17) is 0 Å². The molecule has 0 amide bonds. The maximum atomic E-state index is 13.5. The molecule has 4 nitrogen and oxygen atoms in total. The predicted octanol–water partition coefficient (Wildman–Crippen LogP) is 3.60. The third-order valence-electron chi connectivity index (χ3n) is 2.91. The molecule has 2 rings (SSSR count). The molecule has 0 aliphatic rings. The van der Waals surface area contributed by atoms with Gasteiger partial charge in [0.25, 0.3) is 0 Å².